The number of aliphatic hydroxyl groups excluding tert-OH is 1. The SMILES string of the molecule is CC[C@@H](C)c1ccccc1OC[C@H](O)CN1CCCC[C@@H]1C. The van der Waals surface area contributed by atoms with Gasteiger partial charge in [0.25, 0.3) is 0 Å². The summed E-state index contributed by atoms with van der Waals surface area (Å²) in [6.07, 6.45) is 4.46. The Labute approximate surface area is 135 Å². The van der Waals surface area contributed by atoms with Crippen LogP contribution < -0.4 is 4.74 Å². The van der Waals surface area contributed by atoms with Gasteiger partial charge in [-0.05, 0) is 50.3 Å². The summed E-state index contributed by atoms with van der Waals surface area (Å²) in [6.45, 7) is 8.85. The molecule has 1 aromatic carbocycles. The third-order valence-electron chi connectivity index (χ3n) is 4.88. The fraction of sp³-hybridized carbons (Fsp3) is 0.684. The number of hydrogen-bond acceptors (Lipinski definition) is 3. The molecule has 0 radical (unpaired) electrons. The highest BCUT2D eigenvalue weighted by molar-refractivity contribution is 5.35. The van der Waals surface area contributed by atoms with Gasteiger partial charge in [0.1, 0.15) is 18.5 Å². The molecular formula is C19H31NO2. The van der Waals surface area contributed by atoms with Gasteiger partial charge in [-0.2, -0.15) is 0 Å². The van der Waals surface area contributed by atoms with E-state index in [4.69, 9.17) is 4.74 Å². The molecule has 1 fully saturated rings. The molecular weight excluding hydrogens is 274 g/mol. The third-order valence-corrected chi connectivity index (χ3v) is 4.88. The molecule has 0 bridgehead atoms. The van der Waals surface area contributed by atoms with Crippen molar-refractivity contribution in [3.63, 3.8) is 0 Å². The fourth-order valence-corrected chi connectivity index (χ4v) is 3.18. The highest BCUT2D eigenvalue weighted by Gasteiger charge is 2.21. The number of benzene rings is 1. The molecule has 1 heterocycles. The van der Waals surface area contributed by atoms with Crippen LogP contribution in [0.4, 0.5) is 0 Å². The first-order valence-electron chi connectivity index (χ1n) is 8.75. The molecule has 0 amide bonds. The smallest absolute Gasteiger partial charge is 0.122 e. The second-order valence-electron chi connectivity index (χ2n) is 6.65. The van der Waals surface area contributed by atoms with E-state index in [0.717, 1.165) is 18.7 Å². The first-order valence-corrected chi connectivity index (χ1v) is 8.75. The molecule has 22 heavy (non-hydrogen) atoms. The number of likely N-dealkylation sites (tertiary alicyclic amines) is 1. The molecule has 0 unspecified atom stereocenters. The average Bonchev–Trinajstić information content (AvgIpc) is 2.54. The molecule has 1 saturated heterocycles. The molecule has 2 rings (SSSR count). The lowest BCUT2D eigenvalue weighted by Crippen LogP contribution is -2.43. The topological polar surface area (TPSA) is 32.7 Å². The van der Waals surface area contributed by atoms with Gasteiger partial charge in [0, 0.05) is 12.6 Å². The van der Waals surface area contributed by atoms with Gasteiger partial charge in [-0.15, -0.1) is 0 Å². The van der Waals surface area contributed by atoms with Crippen LogP contribution in [0.25, 0.3) is 0 Å². The van der Waals surface area contributed by atoms with Crippen LogP contribution in [0.5, 0.6) is 5.75 Å². The van der Waals surface area contributed by atoms with Crippen molar-refractivity contribution >= 4 is 0 Å². The van der Waals surface area contributed by atoms with Crippen LogP contribution in [0.1, 0.15) is 57.9 Å². The van der Waals surface area contributed by atoms with E-state index in [0.29, 0.717) is 25.1 Å². The molecule has 1 N–H and O–H groups in total. The maximum absolute atomic E-state index is 10.3. The van der Waals surface area contributed by atoms with Crippen molar-refractivity contribution in [2.75, 3.05) is 19.7 Å². The summed E-state index contributed by atoms with van der Waals surface area (Å²) in [4.78, 5) is 2.39. The molecule has 1 aliphatic heterocycles. The first kappa shape index (κ1) is 17.3. The van der Waals surface area contributed by atoms with Gasteiger partial charge in [0.2, 0.25) is 0 Å². The molecule has 1 aliphatic rings. The van der Waals surface area contributed by atoms with E-state index in [1.807, 2.05) is 12.1 Å². The Bertz CT molecular complexity index is 449. The second kappa shape index (κ2) is 8.54. The van der Waals surface area contributed by atoms with Gasteiger partial charge in [0.15, 0.2) is 0 Å². The van der Waals surface area contributed by atoms with Gasteiger partial charge in [-0.25, -0.2) is 0 Å². The second-order valence-corrected chi connectivity index (χ2v) is 6.65. The molecule has 3 heteroatoms. The highest BCUT2D eigenvalue weighted by atomic mass is 16.5. The summed E-state index contributed by atoms with van der Waals surface area (Å²) in [5.41, 5.74) is 1.24. The quantitative estimate of drug-likeness (QED) is 0.831. The van der Waals surface area contributed by atoms with Crippen molar-refractivity contribution in [3.05, 3.63) is 29.8 Å². The predicted molar refractivity (Wildman–Crippen MR) is 91.5 cm³/mol. The molecule has 3 atom stereocenters. The van der Waals surface area contributed by atoms with Gasteiger partial charge >= 0.3 is 0 Å². The van der Waals surface area contributed by atoms with Crippen molar-refractivity contribution in [2.24, 2.45) is 0 Å². The molecule has 0 spiro atoms. The number of piperidine rings is 1. The van der Waals surface area contributed by atoms with Crippen LogP contribution in [-0.4, -0.2) is 41.8 Å². The van der Waals surface area contributed by atoms with Crippen LogP contribution in [0.3, 0.4) is 0 Å². The van der Waals surface area contributed by atoms with Crippen LogP contribution in [0.2, 0.25) is 0 Å². The van der Waals surface area contributed by atoms with Crippen molar-refractivity contribution in [3.8, 4) is 5.75 Å². The van der Waals surface area contributed by atoms with Crippen molar-refractivity contribution in [1.29, 1.82) is 0 Å². The van der Waals surface area contributed by atoms with Crippen LogP contribution in [0, 0.1) is 0 Å². The highest BCUT2D eigenvalue weighted by Crippen LogP contribution is 2.28. The van der Waals surface area contributed by atoms with E-state index >= 15 is 0 Å². The normalized spacial score (nSPS) is 22.3. The van der Waals surface area contributed by atoms with Crippen LogP contribution in [0.15, 0.2) is 24.3 Å². The summed E-state index contributed by atoms with van der Waals surface area (Å²) in [6, 6.07) is 8.77. The molecule has 0 aromatic heterocycles. The monoisotopic (exact) mass is 305 g/mol. The van der Waals surface area contributed by atoms with E-state index in [1.165, 1.54) is 24.8 Å². The summed E-state index contributed by atoms with van der Waals surface area (Å²) in [5.74, 6) is 1.40. The van der Waals surface area contributed by atoms with E-state index in [9.17, 15) is 5.11 Å². The largest absolute Gasteiger partial charge is 0.491 e. The maximum Gasteiger partial charge on any atom is 0.122 e. The number of hydrogen-bond donors (Lipinski definition) is 1. The molecule has 0 saturated carbocycles. The van der Waals surface area contributed by atoms with Crippen molar-refractivity contribution < 1.29 is 9.84 Å². The van der Waals surface area contributed by atoms with Crippen LogP contribution >= 0.6 is 0 Å². The Morgan fingerprint density at radius 2 is 2.09 bits per heavy atom. The maximum atomic E-state index is 10.3. The number of para-hydroxylation sites is 1. The molecule has 3 nitrogen and oxygen atoms in total. The molecule has 1 aromatic rings. The Hall–Kier alpha value is -1.06. The molecule has 124 valence electrons. The Morgan fingerprint density at radius 3 is 2.82 bits per heavy atom. The zero-order valence-corrected chi connectivity index (χ0v) is 14.3. The Morgan fingerprint density at radius 1 is 1.32 bits per heavy atom. The Balaban J connectivity index is 1.87. The first-order chi connectivity index (χ1) is 10.6. The van der Waals surface area contributed by atoms with Crippen LogP contribution in [-0.2, 0) is 0 Å². The predicted octanol–water partition coefficient (Wildman–Crippen LogP) is 3.81. The minimum atomic E-state index is -0.425. The third kappa shape index (κ3) is 4.72. The van der Waals surface area contributed by atoms with E-state index in [-0.39, 0.29) is 0 Å². The number of β-amino-alcohol motifs (C(OH)–C–C–N with tert-alkyl or cyclic N) is 1. The van der Waals surface area contributed by atoms with Gasteiger partial charge in [-0.1, -0.05) is 38.5 Å². The minimum Gasteiger partial charge on any atom is -0.491 e. The summed E-state index contributed by atoms with van der Waals surface area (Å²) in [5, 5.41) is 10.3. The Kier molecular flexibility index (Phi) is 6.71. The number of nitrogens with zero attached hydrogens (tertiary/aromatic N) is 1. The summed E-state index contributed by atoms with van der Waals surface area (Å²) in [7, 11) is 0. The lowest BCUT2D eigenvalue weighted by Gasteiger charge is -2.34. The van der Waals surface area contributed by atoms with Gasteiger partial charge in [0.05, 0.1) is 0 Å². The standard InChI is InChI=1S/C19H31NO2/c1-4-15(2)18-10-5-6-11-19(18)22-14-17(21)13-20-12-8-7-9-16(20)3/h5-6,10-11,15-17,21H,4,7-9,12-14H2,1-3H3/t15-,16+,17-/m1/s1. The number of ether oxygens (including phenoxy) is 1. The van der Waals surface area contributed by atoms with Crippen molar-refractivity contribution in [1.82, 2.24) is 4.90 Å². The summed E-state index contributed by atoms with van der Waals surface area (Å²) >= 11 is 0. The zero-order valence-electron chi connectivity index (χ0n) is 14.3. The van der Waals surface area contributed by atoms with Crippen molar-refractivity contribution in [2.45, 2.75) is 64.5 Å². The lowest BCUT2D eigenvalue weighted by molar-refractivity contribution is 0.0435. The number of aliphatic hydroxyl groups is 1. The van der Waals surface area contributed by atoms with E-state index < -0.39 is 6.10 Å². The summed E-state index contributed by atoms with van der Waals surface area (Å²) < 4.78 is 5.92. The minimum absolute atomic E-state index is 0.372. The van der Waals surface area contributed by atoms with E-state index in [1.54, 1.807) is 0 Å². The number of rotatable bonds is 7. The fourth-order valence-electron chi connectivity index (χ4n) is 3.18. The lowest BCUT2D eigenvalue weighted by atomic mass is 9.98. The van der Waals surface area contributed by atoms with Gasteiger partial charge in [-0.3, -0.25) is 4.90 Å². The van der Waals surface area contributed by atoms with Gasteiger partial charge < -0.3 is 9.84 Å². The molecule has 0 aliphatic carbocycles. The zero-order chi connectivity index (χ0) is 15.9. The van der Waals surface area contributed by atoms with E-state index in [2.05, 4.69) is 37.8 Å². The average molecular weight is 305 g/mol.